The molecule has 2 aliphatic carbocycles. The average molecular weight is 221 g/mol. The molecule has 0 N–H and O–H groups in total. The van der Waals surface area contributed by atoms with Crippen LogP contribution in [0, 0.1) is 5.92 Å². The third kappa shape index (κ3) is 1.96. The maximum absolute atomic E-state index is 4.84. The minimum atomic E-state index is 0.799. The Labute approximate surface area is 95.9 Å². The zero-order valence-electron chi connectivity index (χ0n) is 9.41. The van der Waals surface area contributed by atoms with Crippen molar-refractivity contribution in [3.05, 3.63) is 16.1 Å². The predicted octanol–water partition coefficient (Wildman–Crippen LogP) is 4.31. The summed E-state index contributed by atoms with van der Waals surface area (Å²) in [6.07, 6.45) is 8.33. The highest BCUT2D eigenvalue weighted by Gasteiger charge is 2.30. The van der Waals surface area contributed by atoms with Crippen LogP contribution in [0.2, 0.25) is 0 Å². The number of rotatable bonds is 3. The quantitative estimate of drug-likeness (QED) is 0.741. The Hall–Kier alpha value is -0.370. The van der Waals surface area contributed by atoms with E-state index in [2.05, 4.69) is 12.3 Å². The topological polar surface area (TPSA) is 12.9 Å². The van der Waals surface area contributed by atoms with Crippen LogP contribution < -0.4 is 0 Å². The molecular formula is C13H19NS. The fourth-order valence-electron chi connectivity index (χ4n) is 2.72. The highest BCUT2D eigenvalue weighted by molar-refractivity contribution is 7.09. The van der Waals surface area contributed by atoms with E-state index in [1.807, 2.05) is 11.3 Å². The summed E-state index contributed by atoms with van der Waals surface area (Å²) >= 11 is 1.92. The molecule has 2 fully saturated rings. The summed E-state index contributed by atoms with van der Waals surface area (Å²) in [5.74, 6) is 2.61. The molecule has 1 aromatic heterocycles. The van der Waals surface area contributed by atoms with Gasteiger partial charge in [0.15, 0.2) is 0 Å². The summed E-state index contributed by atoms with van der Waals surface area (Å²) in [7, 11) is 0. The maximum Gasteiger partial charge on any atom is 0.0959 e. The lowest BCUT2D eigenvalue weighted by atomic mass is 10.0. The summed E-state index contributed by atoms with van der Waals surface area (Å²) in [5, 5.41) is 3.75. The lowest BCUT2D eigenvalue weighted by Gasteiger charge is -2.06. The first-order valence-electron chi connectivity index (χ1n) is 6.32. The third-order valence-corrected chi connectivity index (χ3v) is 5.03. The second-order valence-corrected chi connectivity index (χ2v) is 6.06. The fourth-order valence-corrected chi connectivity index (χ4v) is 3.78. The molecule has 2 aliphatic rings. The van der Waals surface area contributed by atoms with Crippen LogP contribution >= 0.6 is 11.3 Å². The first-order chi connectivity index (χ1) is 7.36. The van der Waals surface area contributed by atoms with E-state index < -0.39 is 0 Å². The van der Waals surface area contributed by atoms with Gasteiger partial charge in [0.1, 0.15) is 0 Å². The van der Waals surface area contributed by atoms with Crippen LogP contribution in [-0.4, -0.2) is 4.98 Å². The molecular weight excluding hydrogens is 202 g/mol. The molecule has 3 rings (SSSR count). The fraction of sp³-hybridized carbons (Fsp3) is 0.769. The second kappa shape index (κ2) is 3.89. The molecule has 0 aliphatic heterocycles. The number of hydrogen-bond acceptors (Lipinski definition) is 2. The van der Waals surface area contributed by atoms with Gasteiger partial charge in [-0.1, -0.05) is 13.3 Å². The van der Waals surface area contributed by atoms with Crippen LogP contribution in [0.1, 0.15) is 68.0 Å². The summed E-state index contributed by atoms with van der Waals surface area (Å²) in [6.45, 7) is 2.32. The van der Waals surface area contributed by atoms with Crippen molar-refractivity contribution < 1.29 is 0 Å². The van der Waals surface area contributed by atoms with Gasteiger partial charge in [0.05, 0.1) is 10.7 Å². The monoisotopic (exact) mass is 221 g/mol. The number of thiazole rings is 1. The molecule has 1 heterocycles. The van der Waals surface area contributed by atoms with Crippen LogP contribution in [0.3, 0.4) is 0 Å². The van der Waals surface area contributed by atoms with Crippen LogP contribution in [0.5, 0.6) is 0 Å². The summed E-state index contributed by atoms with van der Waals surface area (Å²) in [5.41, 5.74) is 1.40. The second-order valence-electron chi connectivity index (χ2n) is 5.17. The van der Waals surface area contributed by atoms with Crippen LogP contribution in [0.25, 0.3) is 0 Å². The molecule has 2 saturated carbocycles. The molecule has 0 saturated heterocycles. The zero-order chi connectivity index (χ0) is 10.3. The Balaban J connectivity index is 1.70. The highest BCUT2D eigenvalue weighted by atomic mass is 32.1. The normalized spacial score (nSPS) is 31.0. The van der Waals surface area contributed by atoms with Gasteiger partial charge in [-0.15, -0.1) is 11.3 Å². The minimum absolute atomic E-state index is 0.799. The number of hydrogen-bond donors (Lipinski definition) is 0. The van der Waals surface area contributed by atoms with E-state index in [1.54, 1.807) is 0 Å². The summed E-state index contributed by atoms with van der Waals surface area (Å²) < 4.78 is 0. The van der Waals surface area contributed by atoms with Crippen molar-refractivity contribution in [2.45, 2.75) is 57.3 Å². The molecule has 0 aromatic carbocycles. The van der Waals surface area contributed by atoms with Gasteiger partial charge in [-0.05, 0) is 38.0 Å². The van der Waals surface area contributed by atoms with Gasteiger partial charge in [0, 0.05) is 17.2 Å². The Morgan fingerprint density at radius 2 is 2.07 bits per heavy atom. The zero-order valence-corrected chi connectivity index (χ0v) is 10.2. The Kier molecular flexibility index (Phi) is 2.55. The van der Waals surface area contributed by atoms with Crippen LogP contribution in [-0.2, 0) is 0 Å². The van der Waals surface area contributed by atoms with Gasteiger partial charge in [-0.2, -0.15) is 0 Å². The lowest BCUT2D eigenvalue weighted by Crippen LogP contribution is -1.94. The third-order valence-electron chi connectivity index (χ3n) is 4.00. The highest BCUT2D eigenvalue weighted by Crippen LogP contribution is 2.44. The molecule has 0 bridgehead atoms. The van der Waals surface area contributed by atoms with E-state index in [0.29, 0.717) is 0 Å². The predicted molar refractivity (Wildman–Crippen MR) is 64.5 cm³/mol. The van der Waals surface area contributed by atoms with Gasteiger partial charge >= 0.3 is 0 Å². The smallest absolute Gasteiger partial charge is 0.0959 e. The van der Waals surface area contributed by atoms with Gasteiger partial charge < -0.3 is 0 Å². The minimum Gasteiger partial charge on any atom is -0.246 e. The standard InChI is InChI=1S/C13H19NS/c1-2-9-3-4-11(7-9)13-14-12(8-15-13)10-5-6-10/h8-11H,2-7H2,1H3. The SMILES string of the molecule is CCC1CCC(c2nc(C3CC3)cs2)C1. The van der Waals surface area contributed by atoms with Crippen molar-refractivity contribution in [3.8, 4) is 0 Å². The van der Waals surface area contributed by atoms with Crippen molar-refractivity contribution in [1.29, 1.82) is 0 Å². The molecule has 1 aromatic rings. The number of aromatic nitrogens is 1. The molecule has 82 valence electrons. The Morgan fingerprint density at radius 1 is 1.27 bits per heavy atom. The van der Waals surface area contributed by atoms with Crippen LogP contribution in [0.15, 0.2) is 5.38 Å². The van der Waals surface area contributed by atoms with Crippen molar-refractivity contribution in [1.82, 2.24) is 4.98 Å². The Bertz CT molecular complexity index is 340. The van der Waals surface area contributed by atoms with Crippen LogP contribution in [0.4, 0.5) is 0 Å². The molecule has 2 heteroatoms. The molecule has 2 unspecified atom stereocenters. The first-order valence-corrected chi connectivity index (χ1v) is 7.20. The molecule has 0 radical (unpaired) electrons. The van der Waals surface area contributed by atoms with E-state index in [9.17, 15) is 0 Å². The number of nitrogens with zero attached hydrogens (tertiary/aromatic N) is 1. The van der Waals surface area contributed by atoms with Gasteiger partial charge in [0.2, 0.25) is 0 Å². The van der Waals surface area contributed by atoms with E-state index in [4.69, 9.17) is 4.98 Å². The van der Waals surface area contributed by atoms with Crippen molar-refractivity contribution in [2.24, 2.45) is 5.92 Å². The van der Waals surface area contributed by atoms with Crippen molar-refractivity contribution in [2.75, 3.05) is 0 Å². The molecule has 2 atom stereocenters. The maximum atomic E-state index is 4.84. The summed E-state index contributed by atoms with van der Waals surface area (Å²) in [4.78, 5) is 4.84. The molecule has 1 nitrogen and oxygen atoms in total. The van der Waals surface area contributed by atoms with Crippen molar-refractivity contribution in [3.63, 3.8) is 0 Å². The van der Waals surface area contributed by atoms with Gasteiger partial charge in [-0.3, -0.25) is 0 Å². The first kappa shape index (κ1) is 9.83. The lowest BCUT2D eigenvalue weighted by molar-refractivity contribution is 0.521. The van der Waals surface area contributed by atoms with E-state index >= 15 is 0 Å². The van der Waals surface area contributed by atoms with E-state index in [-0.39, 0.29) is 0 Å². The van der Waals surface area contributed by atoms with Crippen molar-refractivity contribution >= 4 is 11.3 Å². The average Bonchev–Trinajstić information content (AvgIpc) is 2.84. The molecule has 15 heavy (non-hydrogen) atoms. The Morgan fingerprint density at radius 3 is 2.73 bits per heavy atom. The van der Waals surface area contributed by atoms with E-state index in [0.717, 1.165) is 17.8 Å². The van der Waals surface area contributed by atoms with Gasteiger partial charge in [0.25, 0.3) is 0 Å². The summed E-state index contributed by atoms with van der Waals surface area (Å²) in [6, 6.07) is 0. The molecule has 0 spiro atoms. The molecule has 0 amide bonds. The largest absolute Gasteiger partial charge is 0.246 e. The van der Waals surface area contributed by atoms with E-state index in [1.165, 1.54) is 49.2 Å². The van der Waals surface area contributed by atoms with Gasteiger partial charge in [-0.25, -0.2) is 4.98 Å².